The molecule has 0 radical (unpaired) electrons. The number of hydrogen-bond donors (Lipinski definition) is 0. The zero-order chi connectivity index (χ0) is 15.6. The largest absolute Gasteiger partial charge is 0.305 e. The third-order valence-electron chi connectivity index (χ3n) is 4.67. The van der Waals surface area contributed by atoms with Crippen LogP contribution in [0.3, 0.4) is 0 Å². The van der Waals surface area contributed by atoms with E-state index in [0.29, 0.717) is 12.6 Å². The predicted molar refractivity (Wildman–Crippen MR) is 88.1 cm³/mol. The van der Waals surface area contributed by atoms with Crippen LogP contribution in [-0.2, 0) is 0 Å². The van der Waals surface area contributed by atoms with Crippen molar-refractivity contribution in [2.75, 3.05) is 33.2 Å². The summed E-state index contributed by atoms with van der Waals surface area (Å²) >= 11 is 0. The van der Waals surface area contributed by atoms with Crippen molar-refractivity contribution in [1.82, 2.24) is 9.80 Å². The second-order valence-electron chi connectivity index (χ2n) is 6.61. The lowest BCUT2D eigenvalue weighted by Crippen LogP contribution is -2.41. The molecule has 0 amide bonds. The van der Waals surface area contributed by atoms with Crippen molar-refractivity contribution in [2.45, 2.75) is 40.2 Å². The van der Waals surface area contributed by atoms with E-state index in [4.69, 9.17) is 0 Å². The van der Waals surface area contributed by atoms with Gasteiger partial charge in [0.25, 0.3) is 0 Å². The summed E-state index contributed by atoms with van der Waals surface area (Å²) in [7, 11) is 2.16. The van der Waals surface area contributed by atoms with E-state index in [-0.39, 0.29) is 5.78 Å². The summed E-state index contributed by atoms with van der Waals surface area (Å²) in [6, 6.07) is 4.62. The Hall–Kier alpha value is -1.19. The molecule has 1 aromatic carbocycles. The smallest absolute Gasteiger partial charge is 0.177 e. The summed E-state index contributed by atoms with van der Waals surface area (Å²) in [4.78, 5) is 17.4. The Balaban J connectivity index is 2.12. The first kappa shape index (κ1) is 16.2. The summed E-state index contributed by atoms with van der Waals surface area (Å²) in [6.45, 7) is 12.2. The molecule has 0 spiro atoms. The van der Waals surface area contributed by atoms with Crippen LogP contribution in [0.25, 0.3) is 0 Å². The molecule has 1 fully saturated rings. The molecule has 0 aliphatic carbocycles. The number of ketones is 1. The first-order chi connectivity index (χ1) is 9.88. The number of aryl methyl sites for hydroxylation is 3. The number of carbonyl (C=O) groups excluding carboxylic acids is 1. The molecule has 21 heavy (non-hydrogen) atoms. The van der Waals surface area contributed by atoms with Gasteiger partial charge in [-0.25, -0.2) is 0 Å². The molecule has 116 valence electrons. The Morgan fingerprint density at radius 3 is 2.52 bits per heavy atom. The monoisotopic (exact) mass is 288 g/mol. The number of Topliss-reactive ketones (excluding diaryl/α,β-unsaturated/α-hetero) is 1. The second kappa shape index (κ2) is 6.71. The van der Waals surface area contributed by atoms with Crippen molar-refractivity contribution in [3.05, 3.63) is 34.4 Å². The second-order valence-corrected chi connectivity index (χ2v) is 6.61. The van der Waals surface area contributed by atoms with Crippen molar-refractivity contribution in [2.24, 2.45) is 0 Å². The molecule has 1 heterocycles. The van der Waals surface area contributed by atoms with E-state index in [9.17, 15) is 4.79 Å². The Bertz CT molecular complexity index is 524. The highest BCUT2D eigenvalue weighted by molar-refractivity contribution is 5.99. The molecule has 1 unspecified atom stereocenters. The molecular formula is C18H28N2O. The van der Waals surface area contributed by atoms with Gasteiger partial charge in [-0.2, -0.15) is 0 Å². The maximum atomic E-state index is 12.7. The molecule has 0 saturated carbocycles. The Kier molecular flexibility index (Phi) is 5.17. The third kappa shape index (κ3) is 3.92. The van der Waals surface area contributed by atoms with Gasteiger partial charge in [0, 0.05) is 24.7 Å². The average Bonchev–Trinajstić information content (AvgIpc) is 2.55. The van der Waals surface area contributed by atoms with E-state index < -0.39 is 0 Å². The SMILES string of the molecule is Cc1cc(C)c(C(=O)CN2CCCN(C)CC2C)cc1C. The van der Waals surface area contributed by atoms with Gasteiger partial charge in [0.15, 0.2) is 5.78 Å². The summed E-state index contributed by atoms with van der Waals surface area (Å²) in [5, 5.41) is 0. The summed E-state index contributed by atoms with van der Waals surface area (Å²) < 4.78 is 0. The minimum Gasteiger partial charge on any atom is -0.305 e. The quantitative estimate of drug-likeness (QED) is 0.799. The molecular weight excluding hydrogens is 260 g/mol. The number of rotatable bonds is 3. The minimum atomic E-state index is 0.256. The van der Waals surface area contributed by atoms with Crippen LogP contribution in [0.2, 0.25) is 0 Å². The van der Waals surface area contributed by atoms with Crippen LogP contribution in [-0.4, -0.2) is 54.9 Å². The molecule has 1 atom stereocenters. The van der Waals surface area contributed by atoms with Crippen LogP contribution >= 0.6 is 0 Å². The standard InChI is InChI=1S/C18H28N2O/c1-13-9-15(3)17(10-14(13)2)18(21)12-20-8-6-7-19(5)11-16(20)4/h9-10,16H,6-8,11-12H2,1-5H3. The molecule has 1 aliphatic heterocycles. The lowest BCUT2D eigenvalue weighted by molar-refractivity contribution is 0.0899. The van der Waals surface area contributed by atoms with Gasteiger partial charge in [0.2, 0.25) is 0 Å². The van der Waals surface area contributed by atoms with Gasteiger partial charge in [-0.15, -0.1) is 0 Å². The van der Waals surface area contributed by atoms with Crippen LogP contribution in [0, 0.1) is 20.8 Å². The fourth-order valence-electron chi connectivity index (χ4n) is 3.19. The van der Waals surface area contributed by atoms with Gasteiger partial charge in [-0.05, 0) is 70.5 Å². The molecule has 1 aromatic rings. The number of carbonyl (C=O) groups is 1. The van der Waals surface area contributed by atoms with Crippen LogP contribution in [0.1, 0.15) is 40.4 Å². The number of likely N-dealkylation sites (N-methyl/N-ethyl adjacent to an activating group) is 1. The minimum absolute atomic E-state index is 0.256. The molecule has 3 heteroatoms. The lowest BCUT2D eigenvalue weighted by atomic mass is 9.97. The normalized spacial score (nSPS) is 21.3. The predicted octanol–water partition coefficient (Wildman–Crippen LogP) is 2.82. The molecule has 0 bridgehead atoms. The zero-order valence-electron chi connectivity index (χ0n) is 14.1. The highest BCUT2D eigenvalue weighted by atomic mass is 16.1. The van der Waals surface area contributed by atoms with E-state index in [2.05, 4.69) is 49.8 Å². The Morgan fingerprint density at radius 1 is 1.14 bits per heavy atom. The maximum absolute atomic E-state index is 12.7. The highest BCUT2D eigenvalue weighted by Crippen LogP contribution is 2.17. The maximum Gasteiger partial charge on any atom is 0.177 e. The van der Waals surface area contributed by atoms with Crippen molar-refractivity contribution < 1.29 is 4.79 Å². The van der Waals surface area contributed by atoms with E-state index in [1.807, 2.05) is 6.92 Å². The molecule has 2 rings (SSSR count). The Labute approximate surface area is 128 Å². The van der Waals surface area contributed by atoms with Crippen molar-refractivity contribution in [3.63, 3.8) is 0 Å². The zero-order valence-corrected chi connectivity index (χ0v) is 14.1. The number of benzene rings is 1. The molecule has 0 aromatic heterocycles. The fraction of sp³-hybridized carbons (Fsp3) is 0.611. The van der Waals surface area contributed by atoms with Gasteiger partial charge in [0.05, 0.1) is 6.54 Å². The van der Waals surface area contributed by atoms with Gasteiger partial charge in [0.1, 0.15) is 0 Å². The molecule has 1 aliphatic rings. The van der Waals surface area contributed by atoms with Gasteiger partial charge >= 0.3 is 0 Å². The summed E-state index contributed by atoms with van der Waals surface area (Å²) in [5.41, 5.74) is 4.45. The topological polar surface area (TPSA) is 23.6 Å². The van der Waals surface area contributed by atoms with Gasteiger partial charge in [-0.3, -0.25) is 9.69 Å². The van der Waals surface area contributed by atoms with Crippen molar-refractivity contribution in [1.29, 1.82) is 0 Å². The average molecular weight is 288 g/mol. The molecule has 3 nitrogen and oxygen atoms in total. The number of hydrogen-bond acceptors (Lipinski definition) is 3. The van der Waals surface area contributed by atoms with Crippen LogP contribution in [0.5, 0.6) is 0 Å². The van der Waals surface area contributed by atoms with Crippen molar-refractivity contribution in [3.8, 4) is 0 Å². The van der Waals surface area contributed by atoms with E-state index >= 15 is 0 Å². The summed E-state index contributed by atoms with van der Waals surface area (Å²) in [6.07, 6.45) is 1.14. The Morgan fingerprint density at radius 2 is 1.81 bits per heavy atom. The van der Waals surface area contributed by atoms with Gasteiger partial charge < -0.3 is 4.90 Å². The van der Waals surface area contributed by atoms with Gasteiger partial charge in [-0.1, -0.05) is 6.07 Å². The lowest BCUT2D eigenvalue weighted by Gasteiger charge is -2.27. The third-order valence-corrected chi connectivity index (χ3v) is 4.67. The summed E-state index contributed by atoms with van der Waals surface area (Å²) in [5.74, 6) is 0.256. The first-order valence-corrected chi connectivity index (χ1v) is 7.92. The van der Waals surface area contributed by atoms with E-state index in [1.165, 1.54) is 11.1 Å². The number of nitrogens with zero attached hydrogens (tertiary/aromatic N) is 2. The first-order valence-electron chi connectivity index (χ1n) is 7.92. The van der Waals surface area contributed by atoms with Crippen LogP contribution in [0.15, 0.2) is 12.1 Å². The van der Waals surface area contributed by atoms with Crippen molar-refractivity contribution >= 4 is 5.78 Å². The van der Waals surface area contributed by atoms with E-state index in [1.54, 1.807) is 0 Å². The molecule has 1 saturated heterocycles. The van der Waals surface area contributed by atoms with E-state index in [0.717, 1.165) is 37.2 Å². The molecule has 0 N–H and O–H groups in total. The van der Waals surface area contributed by atoms with Crippen LogP contribution in [0.4, 0.5) is 0 Å². The van der Waals surface area contributed by atoms with Crippen LogP contribution < -0.4 is 0 Å². The highest BCUT2D eigenvalue weighted by Gasteiger charge is 2.22. The fourth-order valence-corrected chi connectivity index (χ4v) is 3.19.